The molecule has 0 saturated heterocycles. The highest BCUT2D eigenvalue weighted by Crippen LogP contribution is 2.34. The Morgan fingerprint density at radius 2 is 0.977 bits per heavy atom. The molecule has 0 saturated carbocycles. The molecule has 0 aliphatic carbocycles. The van der Waals surface area contributed by atoms with Crippen LogP contribution in [0.4, 0.5) is 21.6 Å². The Kier molecular flexibility index (Phi) is 9.66. The zero-order valence-electron chi connectivity index (χ0n) is 24.2. The molecule has 5 N–H and O–H groups in total. The van der Waals surface area contributed by atoms with Gasteiger partial charge in [0.15, 0.2) is 10.3 Å². The summed E-state index contributed by atoms with van der Waals surface area (Å²) in [4.78, 5) is 8.80. The summed E-state index contributed by atoms with van der Waals surface area (Å²) < 4.78 is 2.16. The maximum atomic E-state index is 5.75. The highest BCUT2D eigenvalue weighted by molar-refractivity contribution is 9.10. The molecule has 9 heteroatoms. The number of hydrogen-bond donors (Lipinski definition) is 3. The van der Waals surface area contributed by atoms with Crippen molar-refractivity contribution < 1.29 is 0 Å². The van der Waals surface area contributed by atoms with Gasteiger partial charge in [0, 0.05) is 42.2 Å². The zero-order chi connectivity index (χ0) is 30.7. The molecule has 43 heavy (non-hydrogen) atoms. The van der Waals surface area contributed by atoms with E-state index in [2.05, 4.69) is 123 Å². The third-order valence-corrected chi connectivity index (χ3v) is 9.34. The van der Waals surface area contributed by atoms with Gasteiger partial charge < -0.3 is 16.8 Å². The number of anilines is 4. The van der Waals surface area contributed by atoms with Crippen molar-refractivity contribution in [1.82, 2.24) is 9.97 Å². The molecule has 0 amide bonds. The second-order valence-electron chi connectivity index (χ2n) is 10.3. The number of hydrogen-bond acceptors (Lipinski definition) is 7. The van der Waals surface area contributed by atoms with Crippen LogP contribution in [0.25, 0.3) is 33.6 Å². The fourth-order valence-electron chi connectivity index (χ4n) is 5.12. The van der Waals surface area contributed by atoms with Crippen LogP contribution in [0.1, 0.15) is 22.3 Å². The highest BCUT2D eigenvalue weighted by atomic mass is 79.9. The molecule has 0 fully saturated rings. The summed E-state index contributed by atoms with van der Waals surface area (Å²) in [5, 5.41) is 8.67. The first kappa shape index (κ1) is 30.9. The number of halogens is 2. The van der Waals surface area contributed by atoms with Gasteiger partial charge in [0.05, 0.1) is 11.4 Å². The van der Waals surface area contributed by atoms with E-state index in [1.807, 2.05) is 35.0 Å². The van der Waals surface area contributed by atoms with E-state index < -0.39 is 0 Å². The summed E-state index contributed by atoms with van der Waals surface area (Å²) in [6, 6.07) is 25.2. The maximum absolute atomic E-state index is 5.75. The standard InChI is InChI=1S/C17H16BrN3S.C17H15BrN2S/c1-10-7-14(20-13-5-3-12(18)4-6-13)8-11(2)16(10)15-9-22-17(19)21-15;1-10-7-13(12-3-5-14(18)6-4-12)8-11(2)16(10)15-9-21-17(19)20-15/h3-9,20H,1-2H3,(H2,19,21);3-9H,1-2H3,(H2,19,20). The minimum absolute atomic E-state index is 0.603. The molecule has 0 unspecified atom stereocenters. The molecule has 6 rings (SSSR count). The van der Waals surface area contributed by atoms with Crippen molar-refractivity contribution in [2.24, 2.45) is 0 Å². The van der Waals surface area contributed by atoms with E-state index in [0.29, 0.717) is 10.3 Å². The van der Waals surface area contributed by atoms with Crippen molar-refractivity contribution in [3.8, 4) is 33.6 Å². The number of benzene rings is 4. The summed E-state index contributed by atoms with van der Waals surface area (Å²) in [6.45, 7) is 8.45. The Labute approximate surface area is 277 Å². The maximum Gasteiger partial charge on any atom is 0.180 e. The van der Waals surface area contributed by atoms with Gasteiger partial charge in [0.1, 0.15) is 0 Å². The van der Waals surface area contributed by atoms with E-state index >= 15 is 0 Å². The van der Waals surface area contributed by atoms with Gasteiger partial charge in [-0.15, -0.1) is 22.7 Å². The average molecular weight is 734 g/mol. The summed E-state index contributed by atoms with van der Waals surface area (Å²) in [7, 11) is 0. The fraction of sp³-hybridized carbons (Fsp3) is 0.118. The number of nitrogens with zero attached hydrogens (tertiary/aromatic N) is 2. The first-order chi connectivity index (χ1) is 20.6. The van der Waals surface area contributed by atoms with E-state index in [9.17, 15) is 0 Å². The molecule has 0 bridgehead atoms. The first-order valence-corrected chi connectivity index (χ1v) is 16.9. The van der Waals surface area contributed by atoms with Crippen LogP contribution >= 0.6 is 54.5 Å². The van der Waals surface area contributed by atoms with Gasteiger partial charge in [-0.05, 0) is 110 Å². The number of rotatable bonds is 5. The fourth-order valence-corrected chi connectivity index (χ4v) is 6.76. The summed E-state index contributed by atoms with van der Waals surface area (Å²) in [6.07, 6.45) is 0. The van der Waals surface area contributed by atoms with Gasteiger partial charge in [0.25, 0.3) is 0 Å². The molecular weight excluding hydrogens is 702 g/mol. The molecule has 6 aromatic rings. The number of thiazole rings is 2. The number of nitrogens with one attached hydrogen (secondary N) is 1. The Bertz CT molecular complexity index is 1830. The Balaban J connectivity index is 0.000000171. The Hall–Kier alpha value is -3.50. The van der Waals surface area contributed by atoms with Crippen LogP contribution in [0.5, 0.6) is 0 Å². The predicted molar refractivity (Wildman–Crippen MR) is 193 cm³/mol. The lowest BCUT2D eigenvalue weighted by molar-refractivity contribution is 1.32. The van der Waals surface area contributed by atoms with Gasteiger partial charge in [0.2, 0.25) is 0 Å². The summed E-state index contributed by atoms with van der Waals surface area (Å²) >= 11 is 9.87. The van der Waals surface area contributed by atoms with Crippen LogP contribution in [0.3, 0.4) is 0 Å². The van der Waals surface area contributed by atoms with E-state index in [1.54, 1.807) is 0 Å². The van der Waals surface area contributed by atoms with Gasteiger partial charge in [-0.2, -0.15) is 0 Å². The molecule has 5 nitrogen and oxygen atoms in total. The largest absolute Gasteiger partial charge is 0.375 e. The lowest BCUT2D eigenvalue weighted by atomic mass is 9.94. The van der Waals surface area contributed by atoms with Crippen LogP contribution in [0, 0.1) is 27.7 Å². The second kappa shape index (κ2) is 13.4. The van der Waals surface area contributed by atoms with Gasteiger partial charge in [-0.1, -0.05) is 56.1 Å². The van der Waals surface area contributed by atoms with Crippen molar-refractivity contribution in [1.29, 1.82) is 0 Å². The number of aromatic nitrogens is 2. The molecule has 4 aromatic carbocycles. The minimum atomic E-state index is 0.603. The van der Waals surface area contributed by atoms with E-state index in [-0.39, 0.29) is 0 Å². The average Bonchev–Trinajstić information content (AvgIpc) is 3.58. The van der Waals surface area contributed by atoms with Crippen molar-refractivity contribution in [3.05, 3.63) is 115 Å². The lowest BCUT2D eigenvalue weighted by Crippen LogP contribution is -1.95. The Morgan fingerprint density at radius 1 is 0.558 bits per heavy atom. The van der Waals surface area contributed by atoms with Crippen molar-refractivity contribution in [2.75, 3.05) is 16.8 Å². The SMILES string of the molecule is Cc1cc(-c2ccc(Br)cc2)cc(C)c1-c1csc(N)n1.Cc1cc(Nc2ccc(Br)cc2)cc(C)c1-c1csc(N)n1. The quantitative estimate of drug-likeness (QED) is 0.164. The molecule has 0 aliphatic rings. The van der Waals surface area contributed by atoms with Crippen LogP contribution in [0.15, 0.2) is 92.5 Å². The van der Waals surface area contributed by atoms with Crippen LogP contribution in [0.2, 0.25) is 0 Å². The van der Waals surface area contributed by atoms with Crippen LogP contribution < -0.4 is 16.8 Å². The molecule has 0 radical (unpaired) electrons. The molecule has 0 spiro atoms. The number of nitrogen functional groups attached to an aromatic ring is 2. The summed E-state index contributed by atoms with van der Waals surface area (Å²) in [5.74, 6) is 0. The molecule has 2 heterocycles. The molecular formula is C34H31Br2N5S2. The predicted octanol–water partition coefficient (Wildman–Crippen LogP) is 11.0. The molecule has 218 valence electrons. The monoisotopic (exact) mass is 731 g/mol. The summed E-state index contributed by atoms with van der Waals surface area (Å²) in [5.41, 5.74) is 25.2. The molecule has 0 aliphatic heterocycles. The highest BCUT2D eigenvalue weighted by Gasteiger charge is 2.12. The van der Waals surface area contributed by atoms with Gasteiger partial charge >= 0.3 is 0 Å². The smallest absolute Gasteiger partial charge is 0.180 e. The third-order valence-electron chi connectivity index (χ3n) is 6.93. The van der Waals surface area contributed by atoms with E-state index in [0.717, 1.165) is 37.3 Å². The van der Waals surface area contributed by atoms with E-state index in [4.69, 9.17) is 11.5 Å². The van der Waals surface area contributed by atoms with Crippen molar-refractivity contribution in [2.45, 2.75) is 27.7 Å². The number of aryl methyl sites for hydroxylation is 4. The van der Waals surface area contributed by atoms with Gasteiger partial charge in [-0.25, -0.2) is 9.97 Å². The molecule has 2 aromatic heterocycles. The number of nitrogens with two attached hydrogens (primary N) is 2. The first-order valence-electron chi connectivity index (χ1n) is 13.5. The van der Waals surface area contributed by atoms with Crippen molar-refractivity contribution in [3.63, 3.8) is 0 Å². The van der Waals surface area contributed by atoms with Crippen LogP contribution in [-0.2, 0) is 0 Å². The minimum Gasteiger partial charge on any atom is -0.375 e. The van der Waals surface area contributed by atoms with Crippen molar-refractivity contribution >= 4 is 76.2 Å². The normalized spacial score (nSPS) is 10.7. The lowest BCUT2D eigenvalue weighted by Gasteiger charge is -2.13. The topological polar surface area (TPSA) is 89.8 Å². The van der Waals surface area contributed by atoms with E-state index in [1.165, 1.54) is 61.6 Å². The van der Waals surface area contributed by atoms with Gasteiger partial charge in [-0.3, -0.25) is 0 Å². The van der Waals surface area contributed by atoms with Crippen LogP contribution in [-0.4, -0.2) is 9.97 Å². The third kappa shape index (κ3) is 7.54. The second-order valence-corrected chi connectivity index (χ2v) is 13.9. The Morgan fingerprint density at radius 3 is 1.40 bits per heavy atom. The zero-order valence-corrected chi connectivity index (χ0v) is 29.0. The molecule has 0 atom stereocenters.